The minimum atomic E-state index is -3.59. The molecule has 5 nitrogen and oxygen atoms in total. The van der Waals surface area contributed by atoms with E-state index < -0.39 is 33.4 Å². The molecule has 0 atom stereocenters. The number of Topliss-reactive ketones (excluding diaryl/α,β-unsaturated/α-hetero) is 1. The number of pyridine rings is 1. The maximum absolute atomic E-state index is 14.5. The van der Waals surface area contributed by atoms with Crippen LogP contribution in [0, 0.1) is 12.7 Å². The first-order chi connectivity index (χ1) is 12.9. The van der Waals surface area contributed by atoms with Gasteiger partial charge in [-0.15, -0.1) is 0 Å². The second kappa shape index (κ2) is 8.27. The molecular formula is C20H23FN2O3S. The molecule has 1 aromatic carbocycles. The molecule has 1 heterocycles. The Morgan fingerprint density at radius 3 is 2.52 bits per heavy atom. The van der Waals surface area contributed by atoms with Crippen molar-refractivity contribution in [2.24, 2.45) is 0 Å². The Bertz CT molecular complexity index is 924. The summed E-state index contributed by atoms with van der Waals surface area (Å²) in [6.45, 7) is 1.08. The number of benzene rings is 1. The highest BCUT2D eigenvalue weighted by atomic mass is 32.2. The van der Waals surface area contributed by atoms with E-state index in [1.807, 2.05) is 30.3 Å². The molecule has 1 fully saturated rings. The molecule has 0 unspecified atom stereocenters. The number of aryl methyl sites for hydroxylation is 1. The van der Waals surface area contributed by atoms with Crippen molar-refractivity contribution >= 4 is 15.8 Å². The average molecular weight is 390 g/mol. The zero-order valence-corrected chi connectivity index (χ0v) is 16.1. The SMILES string of the molecule is Cc1cc(-c2ccccc2)nc(C(=O)CNS(=O)(=O)C2CCCCC2)c1F. The van der Waals surface area contributed by atoms with Crippen molar-refractivity contribution in [3.8, 4) is 11.3 Å². The van der Waals surface area contributed by atoms with Crippen LogP contribution in [0.4, 0.5) is 4.39 Å². The van der Waals surface area contributed by atoms with Crippen LogP contribution in [0.25, 0.3) is 11.3 Å². The summed E-state index contributed by atoms with van der Waals surface area (Å²) in [7, 11) is -3.59. The maximum Gasteiger partial charge on any atom is 0.214 e. The molecule has 7 heteroatoms. The smallest absolute Gasteiger partial charge is 0.214 e. The van der Waals surface area contributed by atoms with E-state index in [0.29, 0.717) is 24.1 Å². The number of sulfonamides is 1. The van der Waals surface area contributed by atoms with Crippen molar-refractivity contribution in [3.63, 3.8) is 0 Å². The lowest BCUT2D eigenvalue weighted by molar-refractivity contribution is 0.0987. The Kier molecular flexibility index (Phi) is 6.01. The molecule has 1 aromatic heterocycles. The van der Waals surface area contributed by atoms with Gasteiger partial charge in [-0.3, -0.25) is 4.79 Å². The third-order valence-electron chi connectivity index (χ3n) is 4.90. The zero-order valence-electron chi connectivity index (χ0n) is 15.2. The first kappa shape index (κ1) is 19.6. The van der Waals surface area contributed by atoms with Gasteiger partial charge in [0, 0.05) is 5.56 Å². The third-order valence-corrected chi connectivity index (χ3v) is 6.79. The molecule has 0 amide bonds. The largest absolute Gasteiger partial charge is 0.291 e. The van der Waals surface area contributed by atoms with Gasteiger partial charge in [-0.2, -0.15) is 0 Å². The molecule has 1 aliphatic carbocycles. The van der Waals surface area contributed by atoms with E-state index in [-0.39, 0.29) is 5.69 Å². The van der Waals surface area contributed by atoms with Crippen molar-refractivity contribution in [3.05, 3.63) is 53.5 Å². The summed E-state index contributed by atoms with van der Waals surface area (Å²) >= 11 is 0. The number of carbonyl (C=O) groups is 1. The fourth-order valence-electron chi connectivity index (χ4n) is 3.34. The Morgan fingerprint density at radius 1 is 1.19 bits per heavy atom. The first-order valence-corrected chi connectivity index (χ1v) is 10.7. The van der Waals surface area contributed by atoms with Crippen molar-refractivity contribution in [2.75, 3.05) is 6.54 Å². The number of hydrogen-bond donors (Lipinski definition) is 1. The molecule has 27 heavy (non-hydrogen) atoms. The van der Waals surface area contributed by atoms with E-state index in [1.54, 1.807) is 13.0 Å². The number of rotatable bonds is 6. The Hall–Kier alpha value is -2.12. The van der Waals surface area contributed by atoms with Gasteiger partial charge >= 0.3 is 0 Å². The van der Waals surface area contributed by atoms with Crippen molar-refractivity contribution in [2.45, 2.75) is 44.3 Å². The molecule has 1 saturated carbocycles. The second-order valence-electron chi connectivity index (χ2n) is 6.90. The van der Waals surface area contributed by atoms with Crippen LogP contribution in [0.15, 0.2) is 36.4 Å². The number of ketones is 1. The van der Waals surface area contributed by atoms with Crippen LogP contribution in [-0.2, 0) is 10.0 Å². The lowest BCUT2D eigenvalue weighted by Gasteiger charge is -2.21. The fraction of sp³-hybridized carbons (Fsp3) is 0.400. The summed E-state index contributed by atoms with van der Waals surface area (Å²) in [5.41, 5.74) is 1.20. The van der Waals surface area contributed by atoms with Crippen molar-refractivity contribution < 1.29 is 17.6 Å². The molecule has 1 N–H and O–H groups in total. The van der Waals surface area contributed by atoms with E-state index in [0.717, 1.165) is 24.8 Å². The van der Waals surface area contributed by atoms with Crippen LogP contribution in [0.3, 0.4) is 0 Å². The molecule has 144 valence electrons. The Morgan fingerprint density at radius 2 is 1.85 bits per heavy atom. The summed E-state index contributed by atoms with van der Waals surface area (Å²) in [5, 5.41) is -0.478. The number of aromatic nitrogens is 1. The second-order valence-corrected chi connectivity index (χ2v) is 8.95. The molecule has 0 aliphatic heterocycles. The van der Waals surface area contributed by atoms with Crippen LogP contribution in [-0.4, -0.2) is 31.0 Å². The van der Waals surface area contributed by atoms with Crippen LogP contribution < -0.4 is 4.72 Å². The number of nitrogens with one attached hydrogen (secondary N) is 1. The molecular weight excluding hydrogens is 367 g/mol. The van der Waals surface area contributed by atoms with Gasteiger partial charge in [-0.1, -0.05) is 49.6 Å². The summed E-state index contributed by atoms with van der Waals surface area (Å²) < 4.78 is 41.6. The van der Waals surface area contributed by atoms with Gasteiger partial charge in [0.15, 0.2) is 11.6 Å². The number of halogens is 1. The molecule has 0 spiro atoms. The van der Waals surface area contributed by atoms with Gasteiger partial charge in [0.2, 0.25) is 10.0 Å². The quantitative estimate of drug-likeness (QED) is 0.764. The zero-order chi connectivity index (χ0) is 19.4. The minimum absolute atomic E-state index is 0.294. The van der Waals surface area contributed by atoms with E-state index in [9.17, 15) is 17.6 Å². The Labute approximate surface area is 159 Å². The molecule has 1 aliphatic rings. The van der Waals surface area contributed by atoms with Gasteiger partial charge in [0.1, 0.15) is 5.69 Å². The highest BCUT2D eigenvalue weighted by molar-refractivity contribution is 7.90. The van der Waals surface area contributed by atoms with Crippen LogP contribution in [0.5, 0.6) is 0 Å². The molecule has 3 rings (SSSR count). The van der Waals surface area contributed by atoms with Gasteiger partial charge in [-0.05, 0) is 31.4 Å². The third kappa shape index (κ3) is 4.59. The van der Waals surface area contributed by atoms with Gasteiger partial charge < -0.3 is 0 Å². The summed E-state index contributed by atoms with van der Waals surface area (Å²) in [4.78, 5) is 16.7. The normalized spacial score (nSPS) is 15.6. The molecule has 0 radical (unpaired) electrons. The van der Waals surface area contributed by atoms with Crippen LogP contribution >= 0.6 is 0 Å². The van der Waals surface area contributed by atoms with Crippen LogP contribution in [0.2, 0.25) is 0 Å². The Balaban J connectivity index is 1.79. The lowest BCUT2D eigenvalue weighted by atomic mass is 10.0. The predicted octanol–water partition coefficient (Wildman–Crippen LogP) is 3.63. The molecule has 2 aromatic rings. The summed E-state index contributed by atoms with van der Waals surface area (Å²) in [6.07, 6.45) is 3.96. The standard InChI is InChI=1S/C20H23FN2O3S/c1-14-12-17(15-8-4-2-5-9-15)23-20(19(14)21)18(24)13-22-27(25,26)16-10-6-3-7-11-16/h2,4-5,8-9,12,16,22H,3,6-7,10-11,13H2,1H3. The first-order valence-electron chi connectivity index (χ1n) is 9.13. The molecule has 0 bridgehead atoms. The van der Waals surface area contributed by atoms with Crippen molar-refractivity contribution in [1.82, 2.24) is 9.71 Å². The van der Waals surface area contributed by atoms with Crippen LogP contribution in [0.1, 0.15) is 48.2 Å². The fourth-order valence-corrected chi connectivity index (χ4v) is 4.86. The van der Waals surface area contributed by atoms with E-state index in [1.165, 1.54) is 0 Å². The minimum Gasteiger partial charge on any atom is -0.291 e. The predicted molar refractivity (Wildman–Crippen MR) is 102 cm³/mol. The topological polar surface area (TPSA) is 76.1 Å². The highest BCUT2D eigenvalue weighted by Crippen LogP contribution is 2.24. The lowest BCUT2D eigenvalue weighted by Crippen LogP contribution is -2.38. The molecule has 0 saturated heterocycles. The number of nitrogens with zero attached hydrogens (tertiary/aromatic N) is 1. The summed E-state index contributed by atoms with van der Waals surface area (Å²) in [6, 6.07) is 10.7. The van der Waals surface area contributed by atoms with Gasteiger partial charge in [0.25, 0.3) is 0 Å². The average Bonchev–Trinajstić information content (AvgIpc) is 2.69. The van der Waals surface area contributed by atoms with E-state index in [2.05, 4.69) is 9.71 Å². The monoisotopic (exact) mass is 390 g/mol. The summed E-state index contributed by atoms with van der Waals surface area (Å²) in [5.74, 6) is -1.38. The highest BCUT2D eigenvalue weighted by Gasteiger charge is 2.28. The van der Waals surface area contributed by atoms with Crippen molar-refractivity contribution in [1.29, 1.82) is 0 Å². The van der Waals surface area contributed by atoms with Gasteiger partial charge in [-0.25, -0.2) is 22.5 Å². The van der Waals surface area contributed by atoms with E-state index >= 15 is 0 Å². The number of hydrogen-bond acceptors (Lipinski definition) is 4. The maximum atomic E-state index is 14.5. The van der Waals surface area contributed by atoms with Gasteiger partial charge in [0.05, 0.1) is 17.5 Å². The van der Waals surface area contributed by atoms with E-state index in [4.69, 9.17) is 0 Å². The number of carbonyl (C=O) groups excluding carboxylic acids is 1.